The molecule has 4 aliphatic rings. The van der Waals surface area contributed by atoms with Crippen LogP contribution in [0.5, 0.6) is 5.75 Å². The summed E-state index contributed by atoms with van der Waals surface area (Å²) in [5.41, 5.74) is -3.80. The van der Waals surface area contributed by atoms with Crippen molar-refractivity contribution in [3.05, 3.63) is 93.2 Å². The molecule has 1 N–H and O–H groups in total. The molecule has 4 amide bonds. The summed E-state index contributed by atoms with van der Waals surface area (Å²) in [6.45, 7) is 0. The van der Waals surface area contributed by atoms with E-state index in [2.05, 4.69) is 4.98 Å². The van der Waals surface area contributed by atoms with Crippen LogP contribution in [0.25, 0.3) is 0 Å². The number of alkyl halides is 5. The van der Waals surface area contributed by atoms with Crippen molar-refractivity contribution in [2.45, 2.75) is 34.7 Å². The highest BCUT2D eigenvalue weighted by Gasteiger charge is 2.77. The highest BCUT2D eigenvalue weighted by atomic mass is 35.5. The fourth-order valence-corrected chi connectivity index (χ4v) is 9.00. The predicted molar refractivity (Wildman–Crippen MR) is 169 cm³/mol. The molecule has 1 saturated carbocycles. The quantitative estimate of drug-likeness (QED) is 0.0761. The number of hydrogen-bond acceptors (Lipinski definition) is 7. The van der Waals surface area contributed by atoms with Crippen LogP contribution in [0.2, 0.25) is 5.02 Å². The Balaban J connectivity index is 1.39. The fourth-order valence-electron chi connectivity index (χ4n) is 7.83. The summed E-state index contributed by atoms with van der Waals surface area (Å²) in [6, 6.07) is 3.90. The number of carbonyl (C=O) groups is 4. The summed E-state index contributed by atoms with van der Waals surface area (Å²) in [7, 11) is 1.02. The number of rotatable bonds is 4. The van der Waals surface area contributed by atoms with Gasteiger partial charge in [0.1, 0.15) is 11.4 Å². The van der Waals surface area contributed by atoms with E-state index >= 15 is 8.78 Å². The molecule has 3 fully saturated rings. The molecule has 6 atom stereocenters. The van der Waals surface area contributed by atoms with Gasteiger partial charge in [-0.25, -0.2) is 36.2 Å². The number of halogens is 12. The van der Waals surface area contributed by atoms with Gasteiger partial charge in [-0.1, -0.05) is 29.3 Å². The highest BCUT2D eigenvalue weighted by Crippen LogP contribution is 2.66. The van der Waals surface area contributed by atoms with Crippen LogP contribution >= 0.6 is 34.8 Å². The molecule has 3 heterocycles. The molecule has 0 bridgehead atoms. The summed E-state index contributed by atoms with van der Waals surface area (Å²) in [5.74, 6) is -27.6. The van der Waals surface area contributed by atoms with Crippen LogP contribution in [0.1, 0.15) is 30.0 Å². The topological polar surface area (TPSA) is 111 Å². The number of anilines is 2. The van der Waals surface area contributed by atoms with Crippen LogP contribution < -0.4 is 9.91 Å². The predicted octanol–water partition coefficient (Wildman–Crippen LogP) is 6.91. The standard InChI is InChI=1S/C33H18Cl3F9N4O5/c1-47(26-14(34)5-7-17(46-26)33(43,44)45)49-27(51)12-4-3-11-13(18(12)28(49)52)9-31(35)29(53)48(25-23(41)21(39)20(38)22(40)24(25)42)30(54)32(31,36)19(11)10-2-6-16(50)15(37)8-10/h2-3,5-8,12-13,18-19,50H,4,9H2,1H3. The van der Waals surface area contributed by atoms with Crippen LogP contribution in [-0.4, -0.2) is 55.5 Å². The molecule has 2 aliphatic heterocycles. The maximum Gasteiger partial charge on any atom is 0.433 e. The molecule has 1 aromatic heterocycles. The lowest BCUT2D eigenvalue weighted by atomic mass is 9.56. The number of phenolic OH excluding ortho intramolecular Hbond substituents is 1. The SMILES string of the molecule is CN(c1nc(C(F)(F)F)ccc1Cl)N1C(=O)C2CC=C3C(CC4(Cl)C(=O)N(c5c(F)c(F)c(F)c(F)c5F)C(=O)C4(Cl)C3c3ccc(O)c(F)c3)C2C1=O. The summed E-state index contributed by atoms with van der Waals surface area (Å²) >= 11 is 20.1. The maximum atomic E-state index is 15.2. The lowest BCUT2D eigenvalue weighted by Crippen LogP contribution is -2.60. The average molecular weight is 828 g/mol. The Morgan fingerprint density at radius 3 is 2.07 bits per heavy atom. The first-order valence-corrected chi connectivity index (χ1v) is 16.5. The molecular formula is C33H18Cl3F9N4O5. The zero-order valence-corrected chi connectivity index (χ0v) is 28.9. The molecule has 54 heavy (non-hydrogen) atoms. The van der Waals surface area contributed by atoms with Crippen molar-refractivity contribution >= 4 is 69.9 Å². The number of carbonyl (C=O) groups excluding carboxylic acids is 4. The Kier molecular flexibility index (Phi) is 8.55. The molecule has 2 saturated heterocycles. The fraction of sp³-hybridized carbons (Fsp3) is 0.303. The summed E-state index contributed by atoms with van der Waals surface area (Å²) in [5, 5.41) is 10.6. The highest BCUT2D eigenvalue weighted by molar-refractivity contribution is 6.58. The Morgan fingerprint density at radius 2 is 1.48 bits per heavy atom. The zero-order valence-electron chi connectivity index (χ0n) is 26.6. The lowest BCUT2D eigenvalue weighted by Gasteiger charge is -2.50. The van der Waals surface area contributed by atoms with Crippen LogP contribution in [0.3, 0.4) is 0 Å². The van der Waals surface area contributed by atoms with Gasteiger partial charge in [0.2, 0.25) is 5.82 Å². The van der Waals surface area contributed by atoms with Crippen LogP contribution in [0.4, 0.5) is 51.0 Å². The third-order valence-corrected chi connectivity index (χ3v) is 11.9. The molecule has 3 aromatic rings. The molecule has 0 spiro atoms. The van der Waals surface area contributed by atoms with E-state index in [1.165, 1.54) is 6.08 Å². The van der Waals surface area contributed by atoms with E-state index in [9.17, 15) is 55.0 Å². The second kappa shape index (κ2) is 12.2. The van der Waals surface area contributed by atoms with E-state index in [0.717, 1.165) is 25.2 Å². The number of nitrogens with zero attached hydrogens (tertiary/aromatic N) is 4. The van der Waals surface area contributed by atoms with Gasteiger partial charge in [-0.2, -0.15) is 18.2 Å². The first-order chi connectivity index (χ1) is 25.1. The first-order valence-electron chi connectivity index (χ1n) is 15.4. The molecule has 9 nitrogen and oxygen atoms in total. The van der Waals surface area contributed by atoms with Gasteiger partial charge in [0, 0.05) is 13.0 Å². The van der Waals surface area contributed by atoms with E-state index in [4.69, 9.17) is 34.8 Å². The van der Waals surface area contributed by atoms with Crippen molar-refractivity contribution in [1.82, 2.24) is 9.99 Å². The number of amides is 4. The van der Waals surface area contributed by atoms with Gasteiger partial charge in [-0.3, -0.25) is 24.2 Å². The number of fused-ring (bicyclic) bond motifs is 4. The number of hydrogen-bond donors (Lipinski definition) is 1. The molecule has 0 radical (unpaired) electrons. The minimum absolute atomic E-state index is 0.0473. The maximum absolute atomic E-state index is 15.2. The number of allylic oxidation sites excluding steroid dienone is 2. The van der Waals surface area contributed by atoms with E-state index < -0.39 is 137 Å². The second-order valence-corrected chi connectivity index (χ2v) is 14.6. The molecule has 7 rings (SSSR count). The molecule has 2 aliphatic carbocycles. The van der Waals surface area contributed by atoms with Crippen molar-refractivity contribution in [3.8, 4) is 5.75 Å². The van der Waals surface area contributed by atoms with Crippen molar-refractivity contribution in [2.24, 2.45) is 17.8 Å². The van der Waals surface area contributed by atoms with Gasteiger partial charge >= 0.3 is 6.18 Å². The van der Waals surface area contributed by atoms with E-state index in [-0.39, 0.29) is 17.6 Å². The lowest BCUT2D eigenvalue weighted by molar-refractivity contribution is -0.141. The summed E-state index contributed by atoms with van der Waals surface area (Å²) < 4.78 is 129. The molecule has 2 aromatic carbocycles. The third kappa shape index (κ3) is 4.91. The monoisotopic (exact) mass is 826 g/mol. The minimum atomic E-state index is -4.96. The minimum Gasteiger partial charge on any atom is -0.505 e. The van der Waals surface area contributed by atoms with Gasteiger partial charge in [-0.05, 0) is 48.6 Å². The molecular weight excluding hydrogens is 810 g/mol. The zero-order chi connectivity index (χ0) is 39.7. The van der Waals surface area contributed by atoms with Gasteiger partial charge in [0.05, 0.1) is 16.9 Å². The summed E-state index contributed by atoms with van der Waals surface area (Å²) in [4.78, 5) is 53.8. The number of pyridine rings is 1. The largest absolute Gasteiger partial charge is 0.505 e. The smallest absolute Gasteiger partial charge is 0.433 e. The first kappa shape index (κ1) is 37.8. The number of hydrazine groups is 1. The number of imide groups is 2. The number of aromatic hydroxyl groups is 1. The van der Waals surface area contributed by atoms with Crippen molar-refractivity contribution in [2.75, 3.05) is 17.0 Å². The molecule has 21 heteroatoms. The van der Waals surface area contributed by atoms with Crippen LogP contribution in [0, 0.1) is 52.7 Å². The van der Waals surface area contributed by atoms with E-state index in [1.807, 2.05) is 0 Å². The number of benzene rings is 2. The van der Waals surface area contributed by atoms with Gasteiger partial charge in [0.15, 0.2) is 50.4 Å². The van der Waals surface area contributed by atoms with Crippen LogP contribution in [-0.2, 0) is 25.4 Å². The van der Waals surface area contributed by atoms with E-state index in [1.54, 1.807) is 0 Å². The van der Waals surface area contributed by atoms with Crippen LogP contribution in [0.15, 0.2) is 42.0 Å². The van der Waals surface area contributed by atoms with Gasteiger partial charge < -0.3 is 5.11 Å². The normalized spacial score (nSPS) is 28.0. The second-order valence-electron chi connectivity index (χ2n) is 12.9. The van der Waals surface area contributed by atoms with Gasteiger partial charge in [-0.15, -0.1) is 23.2 Å². The molecule has 284 valence electrons. The van der Waals surface area contributed by atoms with Crippen molar-refractivity contribution in [3.63, 3.8) is 0 Å². The Bertz CT molecular complexity index is 2250. The van der Waals surface area contributed by atoms with Crippen molar-refractivity contribution in [1.29, 1.82) is 0 Å². The van der Waals surface area contributed by atoms with Gasteiger partial charge in [0.25, 0.3) is 23.6 Å². The Morgan fingerprint density at radius 1 is 0.870 bits per heavy atom. The van der Waals surface area contributed by atoms with E-state index in [0.29, 0.717) is 22.2 Å². The average Bonchev–Trinajstić information content (AvgIpc) is 3.45. The number of aromatic nitrogens is 1. The third-order valence-electron chi connectivity index (χ3n) is 10.2. The number of phenols is 1. The summed E-state index contributed by atoms with van der Waals surface area (Å²) in [6.07, 6.45) is -4.89. The Labute approximate surface area is 311 Å². The Hall–Kier alpha value is -4.55. The van der Waals surface area contributed by atoms with Crippen molar-refractivity contribution < 1.29 is 63.8 Å². The molecule has 6 unspecified atom stereocenters.